The predicted octanol–water partition coefficient (Wildman–Crippen LogP) is 1.75. The Bertz CT molecular complexity index is 403. The Morgan fingerprint density at radius 2 is 1.75 bits per heavy atom. The first-order valence-electron chi connectivity index (χ1n) is 10.1. The quantitative estimate of drug-likeness (QED) is 0.695. The van der Waals surface area contributed by atoms with Crippen molar-refractivity contribution in [3.8, 4) is 0 Å². The smallest absolute Gasteiger partial charge is 0.240 e. The fourth-order valence-electron chi connectivity index (χ4n) is 5.00. The standard InChI is InChI=1S/C19H35N3O2/c23-16-17-8-1-4-12-21(17)13-7-11-20-18(24)19(9-2-3-10-19)22-14-5-6-15-22/h17,23H,1-16H2,(H,20,24). The molecular formula is C19H35N3O2. The van der Waals surface area contributed by atoms with Crippen LogP contribution in [0.1, 0.15) is 64.2 Å². The Labute approximate surface area is 146 Å². The normalized spacial score (nSPS) is 28.3. The van der Waals surface area contributed by atoms with E-state index in [1.165, 1.54) is 38.5 Å². The average molecular weight is 338 g/mol. The van der Waals surface area contributed by atoms with Crippen LogP contribution in [0.5, 0.6) is 0 Å². The second-order valence-corrected chi connectivity index (χ2v) is 7.91. The number of nitrogens with zero attached hydrogens (tertiary/aromatic N) is 2. The van der Waals surface area contributed by atoms with Crippen molar-refractivity contribution in [1.82, 2.24) is 15.1 Å². The summed E-state index contributed by atoms with van der Waals surface area (Å²) >= 11 is 0. The van der Waals surface area contributed by atoms with Crippen molar-refractivity contribution in [2.24, 2.45) is 0 Å². The van der Waals surface area contributed by atoms with Gasteiger partial charge < -0.3 is 10.4 Å². The van der Waals surface area contributed by atoms with Crippen molar-refractivity contribution in [3.63, 3.8) is 0 Å². The third kappa shape index (κ3) is 3.94. The van der Waals surface area contributed by atoms with Gasteiger partial charge in [-0.05, 0) is 64.6 Å². The molecule has 0 spiro atoms. The topological polar surface area (TPSA) is 55.8 Å². The molecule has 138 valence electrons. The van der Waals surface area contributed by atoms with E-state index in [0.29, 0.717) is 6.04 Å². The highest BCUT2D eigenvalue weighted by molar-refractivity contribution is 5.86. The van der Waals surface area contributed by atoms with Gasteiger partial charge in [0, 0.05) is 19.1 Å². The lowest BCUT2D eigenvalue weighted by molar-refractivity contribution is -0.132. The SMILES string of the molecule is O=C(NCCCN1CCCCC1CO)C1(N2CCCC2)CCCC1. The van der Waals surface area contributed by atoms with E-state index in [-0.39, 0.29) is 18.1 Å². The summed E-state index contributed by atoms with van der Waals surface area (Å²) in [4.78, 5) is 17.8. The highest BCUT2D eigenvalue weighted by atomic mass is 16.3. The van der Waals surface area contributed by atoms with Crippen LogP contribution in [0.3, 0.4) is 0 Å². The summed E-state index contributed by atoms with van der Waals surface area (Å²) in [5, 5.41) is 12.7. The molecule has 0 bridgehead atoms. The minimum Gasteiger partial charge on any atom is -0.395 e. The van der Waals surface area contributed by atoms with Gasteiger partial charge in [-0.3, -0.25) is 14.6 Å². The van der Waals surface area contributed by atoms with Crippen LogP contribution in [-0.2, 0) is 4.79 Å². The van der Waals surface area contributed by atoms with Crippen LogP contribution in [-0.4, -0.2) is 71.7 Å². The maximum Gasteiger partial charge on any atom is 0.240 e. The van der Waals surface area contributed by atoms with Gasteiger partial charge in [0.1, 0.15) is 5.54 Å². The Kier molecular flexibility index (Phi) is 6.53. The minimum atomic E-state index is -0.199. The zero-order valence-corrected chi connectivity index (χ0v) is 15.1. The number of piperidine rings is 1. The van der Waals surface area contributed by atoms with E-state index in [0.717, 1.165) is 58.4 Å². The summed E-state index contributed by atoms with van der Waals surface area (Å²) in [6.07, 6.45) is 11.5. The fourth-order valence-corrected chi connectivity index (χ4v) is 5.00. The first kappa shape index (κ1) is 18.2. The third-order valence-electron chi connectivity index (χ3n) is 6.43. The number of amides is 1. The molecule has 0 radical (unpaired) electrons. The van der Waals surface area contributed by atoms with E-state index >= 15 is 0 Å². The summed E-state index contributed by atoms with van der Waals surface area (Å²) in [5.41, 5.74) is -0.199. The predicted molar refractivity (Wildman–Crippen MR) is 95.9 cm³/mol. The number of hydrogen-bond donors (Lipinski definition) is 2. The molecular weight excluding hydrogens is 302 g/mol. The lowest BCUT2D eigenvalue weighted by Crippen LogP contribution is -2.56. The maximum atomic E-state index is 12.9. The molecule has 3 rings (SSSR count). The molecule has 1 unspecified atom stereocenters. The molecule has 0 aromatic rings. The molecule has 5 heteroatoms. The van der Waals surface area contributed by atoms with Crippen molar-refractivity contribution >= 4 is 5.91 Å². The van der Waals surface area contributed by atoms with E-state index in [1.807, 2.05) is 0 Å². The van der Waals surface area contributed by atoms with Crippen LogP contribution < -0.4 is 5.32 Å². The molecule has 3 aliphatic rings. The molecule has 24 heavy (non-hydrogen) atoms. The highest BCUT2D eigenvalue weighted by Crippen LogP contribution is 2.37. The lowest BCUT2D eigenvalue weighted by atomic mass is 9.94. The Hall–Kier alpha value is -0.650. The molecule has 2 aliphatic heterocycles. The minimum absolute atomic E-state index is 0.199. The number of likely N-dealkylation sites (tertiary alicyclic amines) is 2. The largest absolute Gasteiger partial charge is 0.395 e. The van der Waals surface area contributed by atoms with Gasteiger partial charge in [0.05, 0.1) is 6.61 Å². The summed E-state index contributed by atoms with van der Waals surface area (Å²) in [5.74, 6) is 0.277. The summed E-state index contributed by atoms with van der Waals surface area (Å²) in [6, 6.07) is 0.334. The Balaban J connectivity index is 1.44. The number of carbonyl (C=O) groups is 1. The van der Waals surface area contributed by atoms with E-state index in [9.17, 15) is 9.90 Å². The highest BCUT2D eigenvalue weighted by Gasteiger charge is 2.46. The molecule has 0 aromatic carbocycles. The van der Waals surface area contributed by atoms with Crippen LogP contribution >= 0.6 is 0 Å². The molecule has 2 N–H and O–H groups in total. The van der Waals surface area contributed by atoms with Gasteiger partial charge in [-0.2, -0.15) is 0 Å². The van der Waals surface area contributed by atoms with Crippen LogP contribution in [0.15, 0.2) is 0 Å². The molecule has 3 fully saturated rings. The van der Waals surface area contributed by atoms with Gasteiger partial charge in [0.25, 0.3) is 0 Å². The second-order valence-electron chi connectivity index (χ2n) is 7.91. The molecule has 1 amide bonds. The lowest BCUT2D eigenvalue weighted by Gasteiger charge is -2.37. The van der Waals surface area contributed by atoms with Gasteiger partial charge in [0.2, 0.25) is 5.91 Å². The monoisotopic (exact) mass is 337 g/mol. The molecule has 1 aliphatic carbocycles. The Morgan fingerprint density at radius 1 is 1.04 bits per heavy atom. The fraction of sp³-hybridized carbons (Fsp3) is 0.947. The summed E-state index contributed by atoms with van der Waals surface area (Å²) in [6.45, 7) is 5.31. The summed E-state index contributed by atoms with van der Waals surface area (Å²) < 4.78 is 0. The average Bonchev–Trinajstić information content (AvgIpc) is 3.30. The number of nitrogens with one attached hydrogen (secondary N) is 1. The van der Waals surface area contributed by atoms with Crippen LogP contribution in [0.25, 0.3) is 0 Å². The number of aliphatic hydroxyl groups excluding tert-OH is 1. The summed E-state index contributed by atoms with van der Waals surface area (Å²) in [7, 11) is 0. The van der Waals surface area contributed by atoms with Crippen molar-refractivity contribution in [2.45, 2.75) is 75.8 Å². The van der Waals surface area contributed by atoms with E-state index in [4.69, 9.17) is 0 Å². The van der Waals surface area contributed by atoms with Crippen LogP contribution in [0.4, 0.5) is 0 Å². The molecule has 5 nitrogen and oxygen atoms in total. The van der Waals surface area contributed by atoms with Gasteiger partial charge in [-0.25, -0.2) is 0 Å². The van der Waals surface area contributed by atoms with Crippen LogP contribution in [0, 0.1) is 0 Å². The molecule has 1 saturated carbocycles. The van der Waals surface area contributed by atoms with Crippen LogP contribution in [0.2, 0.25) is 0 Å². The van der Waals surface area contributed by atoms with E-state index < -0.39 is 0 Å². The first-order valence-corrected chi connectivity index (χ1v) is 10.1. The van der Waals surface area contributed by atoms with Gasteiger partial charge in [0.15, 0.2) is 0 Å². The number of rotatable bonds is 7. The van der Waals surface area contributed by atoms with Crippen molar-refractivity contribution in [2.75, 3.05) is 39.3 Å². The first-order chi connectivity index (χ1) is 11.8. The van der Waals surface area contributed by atoms with E-state index in [2.05, 4.69) is 15.1 Å². The maximum absolute atomic E-state index is 12.9. The van der Waals surface area contributed by atoms with Gasteiger partial charge in [-0.1, -0.05) is 19.3 Å². The van der Waals surface area contributed by atoms with Crippen molar-refractivity contribution in [3.05, 3.63) is 0 Å². The zero-order chi connectivity index (χ0) is 16.8. The number of carbonyl (C=O) groups excluding carboxylic acids is 1. The van der Waals surface area contributed by atoms with Crippen molar-refractivity contribution in [1.29, 1.82) is 0 Å². The second kappa shape index (κ2) is 8.63. The third-order valence-corrected chi connectivity index (χ3v) is 6.43. The zero-order valence-electron chi connectivity index (χ0n) is 15.1. The van der Waals surface area contributed by atoms with Gasteiger partial charge in [-0.15, -0.1) is 0 Å². The number of aliphatic hydroxyl groups is 1. The number of hydrogen-bond acceptors (Lipinski definition) is 4. The van der Waals surface area contributed by atoms with E-state index in [1.54, 1.807) is 0 Å². The Morgan fingerprint density at radius 3 is 2.46 bits per heavy atom. The van der Waals surface area contributed by atoms with Gasteiger partial charge >= 0.3 is 0 Å². The molecule has 2 saturated heterocycles. The molecule has 2 heterocycles. The molecule has 1 atom stereocenters. The molecule has 0 aromatic heterocycles. The van der Waals surface area contributed by atoms with Crippen molar-refractivity contribution < 1.29 is 9.90 Å².